The molecule has 90 valence electrons. The van der Waals surface area contributed by atoms with E-state index in [2.05, 4.69) is 0 Å². The molecule has 0 radical (unpaired) electrons. The first-order valence-electron chi connectivity index (χ1n) is 5.57. The summed E-state index contributed by atoms with van der Waals surface area (Å²) >= 11 is 0. The van der Waals surface area contributed by atoms with Crippen LogP contribution in [0.15, 0.2) is 30.3 Å². The van der Waals surface area contributed by atoms with Gasteiger partial charge in [0.1, 0.15) is 0 Å². The summed E-state index contributed by atoms with van der Waals surface area (Å²) in [6.45, 7) is 1.63. The van der Waals surface area contributed by atoms with E-state index in [1.54, 1.807) is 0 Å². The minimum atomic E-state index is -0.710. The van der Waals surface area contributed by atoms with Crippen molar-refractivity contribution in [3.05, 3.63) is 30.3 Å². The van der Waals surface area contributed by atoms with Gasteiger partial charge in [-0.1, -0.05) is 18.2 Å². The highest BCUT2D eigenvalue weighted by Gasteiger charge is 2.10. The van der Waals surface area contributed by atoms with Gasteiger partial charge in [-0.05, 0) is 25.1 Å². The lowest BCUT2D eigenvalue weighted by atomic mass is 10.2. The summed E-state index contributed by atoms with van der Waals surface area (Å²) in [6.07, 6.45) is 0.158. The lowest BCUT2D eigenvalue weighted by Crippen LogP contribution is -2.35. The fraction of sp³-hybridized carbons (Fsp3) is 0.500. The highest BCUT2D eigenvalue weighted by atomic mass is 16.3. The van der Waals surface area contributed by atoms with Crippen LogP contribution in [-0.2, 0) is 0 Å². The molecular weight excluding hydrogens is 204 g/mol. The Morgan fingerprint density at radius 2 is 1.94 bits per heavy atom. The molecule has 0 aliphatic rings. The largest absolute Gasteiger partial charge is 0.394 e. The quantitative estimate of drug-likeness (QED) is 0.618. The standard InChI is InChI=1S/C12H20N2O2/c13-7-4-8-14(9-12(16)10-15)11-5-2-1-3-6-11/h1-3,5-6,12,15-16H,4,7-10,13H2. The van der Waals surface area contributed by atoms with E-state index >= 15 is 0 Å². The molecule has 0 amide bonds. The van der Waals surface area contributed by atoms with Crippen LogP contribution in [-0.4, -0.2) is 42.6 Å². The van der Waals surface area contributed by atoms with Crippen molar-refractivity contribution < 1.29 is 10.2 Å². The Labute approximate surface area is 96.3 Å². The number of para-hydroxylation sites is 1. The smallest absolute Gasteiger partial charge is 0.0945 e. The lowest BCUT2D eigenvalue weighted by molar-refractivity contribution is 0.0998. The third kappa shape index (κ3) is 4.18. The molecule has 0 spiro atoms. The maximum absolute atomic E-state index is 9.47. The van der Waals surface area contributed by atoms with Crippen LogP contribution in [0.4, 0.5) is 5.69 Å². The van der Waals surface area contributed by atoms with Gasteiger partial charge in [-0.15, -0.1) is 0 Å². The lowest BCUT2D eigenvalue weighted by Gasteiger charge is -2.26. The average Bonchev–Trinajstić information content (AvgIpc) is 2.35. The SMILES string of the molecule is NCCCN(CC(O)CO)c1ccccc1. The first-order valence-corrected chi connectivity index (χ1v) is 5.57. The molecule has 1 unspecified atom stereocenters. The van der Waals surface area contributed by atoms with Gasteiger partial charge in [0.15, 0.2) is 0 Å². The van der Waals surface area contributed by atoms with E-state index in [-0.39, 0.29) is 6.61 Å². The Hall–Kier alpha value is -1.10. The number of rotatable bonds is 7. The summed E-state index contributed by atoms with van der Waals surface area (Å²) in [5.41, 5.74) is 6.52. The van der Waals surface area contributed by atoms with Gasteiger partial charge in [-0.3, -0.25) is 0 Å². The molecular formula is C12H20N2O2. The molecule has 0 saturated heterocycles. The number of aliphatic hydroxyl groups excluding tert-OH is 2. The van der Waals surface area contributed by atoms with Gasteiger partial charge in [0.25, 0.3) is 0 Å². The van der Waals surface area contributed by atoms with Crippen molar-refractivity contribution in [1.82, 2.24) is 0 Å². The zero-order chi connectivity index (χ0) is 11.8. The second-order valence-corrected chi connectivity index (χ2v) is 3.76. The fourth-order valence-electron chi connectivity index (χ4n) is 1.56. The summed E-state index contributed by atoms with van der Waals surface area (Å²) in [7, 11) is 0. The van der Waals surface area contributed by atoms with Crippen molar-refractivity contribution >= 4 is 5.69 Å². The summed E-state index contributed by atoms with van der Waals surface area (Å²) in [5.74, 6) is 0. The van der Waals surface area contributed by atoms with Gasteiger partial charge in [-0.2, -0.15) is 0 Å². The van der Waals surface area contributed by atoms with Gasteiger partial charge in [0.05, 0.1) is 12.7 Å². The number of nitrogens with zero attached hydrogens (tertiary/aromatic N) is 1. The maximum atomic E-state index is 9.47. The Morgan fingerprint density at radius 1 is 1.25 bits per heavy atom. The summed E-state index contributed by atoms with van der Waals surface area (Å²) < 4.78 is 0. The van der Waals surface area contributed by atoms with Crippen LogP contribution in [0.3, 0.4) is 0 Å². The van der Waals surface area contributed by atoms with Gasteiger partial charge in [0, 0.05) is 18.8 Å². The molecule has 0 saturated carbocycles. The van der Waals surface area contributed by atoms with Gasteiger partial charge < -0.3 is 20.8 Å². The summed E-state index contributed by atoms with van der Waals surface area (Å²) in [5, 5.41) is 18.3. The minimum Gasteiger partial charge on any atom is -0.394 e. The molecule has 0 aliphatic heterocycles. The normalized spacial score (nSPS) is 12.4. The Kier molecular flexibility index (Phi) is 5.85. The van der Waals surface area contributed by atoms with Crippen LogP contribution < -0.4 is 10.6 Å². The summed E-state index contributed by atoms with van der Waals surface area (Å²) in [4.78, 5) is 2.04. The number of hydrogen-bond acceptors (Lipinski definition) is 4. The predicted octanol–water partition coefficient (Wildman–Crippen LogP) is 0.195. The number of benzene rings is 1. The van der Waals surface area contributed by atoms with Crippen LogP contribution in [0, 0.1) is 0 Å². The zero-order valence-corrected chi connectivity index (χ0v) is 9.42. The molecule has 0 aliphatic carbocycles. The van der Waals surface area contributed by atoms with Crippen LogP contribution in [0.2, 0.25) is 0 Å². The second kappa shape index (κ2) is 7.22. The Balaban J connectivity index is 2.63. The number of anilines is 1. The molecule has 0 fully saturated rings. The van der Waals surface area contributed by atoms with Gasteiger partial charge in [0.2, 0.25) is 0 Å². The first-order chi connectivity index (χ1) is 7.77. The van der Waals surface area contributed by atoms with E-state index in [1.807, 2.05) is 35.2 Å². The summed E-state index contributed by atoms with van der Waals surface area (Å²) in [6, 6.07) is 9.83. The molecule has 1 rings (SSSR count). The molecule has 0 aromatic heterocycles. The third-order valence-electron chi connectivity index (χ3n) is 2.40. The molecule has 1 aromatic carbocycles. The van der Waals surface area contributed by atoms with E-state index < -0.39 is 6.10 Å². The van der Waals surface area contributed by atoms with Crippen molar-refractivity contribution in [3.63, 3.8) is 0 Å². The second-order valence-electron chi connectivity index (χ2n) is 3.76. The van der Waals surface area contributed by atoms with Crippen molar-refractivity contribution in [3.8, 4) is 0 Å². The Morgan fingerprint density at radius 3 is 2.50 bits per heavy atom. The van der Waals surface area contributed by atoms with Crippen LogP contribution >= 0.6 is 0 Å². The number of nitrogens with two attached hydrogens (primary N) is 1. The van der Waals surface area contributed by atoms with Gasteiger partial charge in [-0.25, -0.2) is 0 Å². The maximum Gasteiger partial charge on any atom is 0.0945 e. The molecule has 1 aromatic rings. The van der Waals surface area contributed by atoms with E-state index in [0.717, 1.165) is 18.7 Å². The first kappa shape index (κ1) is 13.0. The average molecular weight is 224 g/mol. The van der Waals surface area contributed by atoms with Crippen molar-refractivity contribution in [1.29, 1.82) is 0 Å². The van der Waals surface area contributed by atoms with E-state index in [9.17, 15) is 5.11 Å². The van der Waals surface area contributed by atoms with Crippen molar-refractivity contribution in [2.24, 2.45) is 5.73 Å². The van der Waals surface area contributed by atoms with Crippen LogP contribution in [0.1, 0.15) is 6.42 Å². The molecule has 4 nitrogen and oxygen atoms in total. The van der Waals surface area contributed by atoms with Crippen LogP contribution in [0.5, 0.6) is 0 Å². The number of aliphatic hydroxyl groups is 2. The van der Waals surface area contributed by atoms with E-state index in [4.69, 9.17) is 10.8 Å². The molecule has 1 atom stereocenters. The highest BCUT2D eigenvalue weighted by molar-refractivity contribution is 5.46. The van der Waals surface area contributed by atoms with Crippen molar-refractivity contribution in [2.75, 3.05) is 31.1 Å². The van der Waals surface area contributed by atoms with Gasteiger partial charge >= 0.3 is 0 Å². The van der Waals surface area contributed by atoms with Crippen molar-refractivity contribution in [2.45, 2.75) is 12.5 Å². The minimum absolute atomic E-state index is 0.216. The highest BCUT2D eigenvalue weighted by Crippen LogP contribution is 2.13. The molecule has 4 heteroatoms. The topological polar surface area (TPSA) is 69.7 Å². The predicted molar refractivity (Wildman–Crippen MR) is 65.4 cm³/mol. The number of hydrogen-bond donors (Lipinski definition) is 3. The monoisotopic (exact) mass is 224 g/mol. The Bertz CT molecular complexity index is 280. The zero-order valence-electron chi connectivity index (χ0n) is 9.42. The van der Waals surface area contributed by atoms with Crippen LogP contribution in [0.25, 0.3) is 0 Å². The fourth-order valence-corrected chi connectivity index (χ4v) is 1.56. The van der Waals surface area contributed by atoms with E-state index in [0.29, 0.717) is 13.1 Å². The molecule has 16 heavy (non-hydrogen) atoms. The molecule has 0 heterocycles. The molecule has 0 bridgehead atoms. The third-order valence-corrected chi connectivity index (χ3v) is 2.40. The van der Waals surface area contributed by atoms with E-state index in [1.165, 1.54) is 0 Å². The molecule has 4 N–H and O–H groups in total.